The van der Waals surface area contributed by atoms with Crippen molar-refractivity contribution in [2.24, 2.45) is 11.8 Å². The van der Waals surface area contributed by atoms with Gasteiger partial charge in [-0.15, -0.1) is 0 Å². The van der Waals surface area contributed by atoms with Crippen molar-refractivity contribution in [3.05, 3.63) is 18.3 Å². The van der Waals surface area contributed by atoms with Crippen LogP contribution in [0.25, 0.3) is 0 Å². The minimum atomic E-state index is 0.281. The first-order chi connectivity index (χ1) is 7.66. The van der Waals surface area contributed by atoms with Crippen LogP contribution in [0.2, 0.25) is 0 Å². The van der Waals surface area contributed by atoms with E-state index in [1.807, 2.05) is 12.1 Å². The van der Waals surface area contributed by atoms with Crippen molar-refractivity contribution in [3.63, 3.8) is 0 Å². The van der Waals surface area contributed by atoms with Crippen LogP contribution in [0.3, 0.4) is 0 Å². The van der Waals surface area contributed by atoms with Gasteiger partial charge >= 0.3 is 0 Å². The number of ether oxygens (including phenoxy) is 1. The van der Waals surface area contributed by atoms with Crippen LogP contribution in [-0.4, -0.2) is 11.1 Å². The average Bonchev–Trinajstić information content (AvgIpc) is 2.27. The highest BCUT2D eigenvalue weighted by Crippen LogP contribution is 2.32. The highest BCUT2D eigenvalue weighted by Gasteiger charge is 2.26. The van der Waals surface area contributed by atoms with Crippen molar-refractivity contribution >= 4 is 5.69 Å². The molecule has 0 saturated heterocycles. The summed E-state index contributed by atoms with van der Waals surface area (Å²) >= 11 is 0. The van der Waals surface area contributed by atoms with E-state index >= 15 is 0 Å². The third-order valence-electron chi connectivity index (χ3n) is 3.63. The Kier molecular flexibility index (Phi) is 3.32. The molecule has 16 heavy (non-hydrogen) atoms. The van der Waals surface area contributed by atoms with Crippen LogP contribution in [0.4, 0.5) is 5.69 Å². The van der Waals surface area contributed by atoms with Crippen molar-refractivity contribution in [3.8, 4) is 5.88 Å². The lowest BCUT2D eigenvalue weighted by Crippen LogP contribution is -2.29. The van der Waals surface area contributed by atoms with Gasteiger partial charge in [-0.1, -0.05) is 13.8 Å². The number of hydrogen-bond donors (Lipinski definition) is 1. The molecule has 1 aliphatic carbocycles. The van der Waals surface area contributed by atoms with Crippen molar-refractivity contribution in [2.45, 2.75) is 39.2 Å². The number of nitrogens with zero attached hydrogens (tertiary/aromatic N) is 1. The Morgan fingerprint density at radius 2 is 2.12 bits per heavy atom. The number of anilines is 1. The SMILES string of the molecule is CC1CCC(Oc2ncccc2N)CC1C. The Balaban J connectivity index is 1.98. The number of nitrogens with two attached hydrogens (primary N) is 1. The van der Waals surface area contributed by atoms with Crippen molar-refractivity contribution in [2.75, 3.05) is 5.73 Å². The van der Waals surface area contributed by atoms with Crippen molar-refractivity contribution in [1.82, 2.24) is 4.98 Å². The monoisotopic (exact) mass is 220 g/mol. The lowest BCUT2D eigenvalue weighted by molar-refractivity contribution is 0.0972. The van der Waals surface area contributed by atoms with Crippen LogP contribution in [0.5, 0.6) is 5.88 Å². The molecule has 1 fully saturated rings. The van der Waals surface area contributed by atoms with Gasteiger partial charge in [-0.2, -0.15) is 0 Å². The molecule has 0 aromatic carbocycles. The summed E-state index contributed by atoms with van der Waals surface area (Å²) in [5, 5.41) is 0. The molecule has 0 aliphatic heterocycles. The van der Waals surface area contributed by atoms with Gasteiger partial charge < -0.3 is 10.5 Å². The zero-order chi connectivity index (χ0) is 11.5. The van der Waals surface area contributed by atoms with E-state index in [1.165, 1.54) is 6.42 Å². The molecule has 2 rings (SSSR count). The quantitative estimate of drug-likeness (QED) is 0.833. The maximum absolute atomic E-state index is 5.87. The van der Waals surface area contributed by atoms with E-state index < -0.39 is 0 Å². The molecule has 0 radical (unpaired) electrons. The zero-order valence-corrected chi connectivity index (χ0v) is 10.0. The lowest BCUT2D eigenvalue weighted by atomic mass is 9.80. The van der Waals surface area contributed by atoms with E-state index in [0.29, 0.717) is 11.6 Å². The molecule has 1 aliphatic rings. The van der Waals surface area contributed by atoms with Gasteiger partial charge in [0.25, 0.3) is 0 Å². The first-order valence-corrected chi connectivity index (χ1v) is 6.04. The predicted molar refractivity (Wildman–Crippen MR) is 65.2 cm³/mol. The van der Waals surface area contributed by atoms with Gasteiger partial charge in [-0.25, -0.2) is 4.98 Å². The molecule has 3 heteroatoms. The van der Waals surface area contributed by atoms with Crippen molar-refractivity contribution in [1.29, 1.82) is 0 Å². The topological polar surface area (TPSA) is 48.1 Å². The van der Waals surface area contributed by atoms with Crippen LogP contribution in [0.1, 0.15) is 33.1 Å². The fourth-order valence-electron chi connectivity index (χ4n) is 2.26. The molecule has 88 valence electrons. The van der Waals surface area contributed by atoms with E-state index in [4.69, 9.17) is 10.5 Å². The summed E-state index contributed by atoms with van der Waals surface area (Å²) in [6.07, 6.45) is 5.46. The van der Waals surface area contributed by atoms with Gasteiger partial charge in [0.2, 0.25) is 5.88 Å². The van der Waals surface area contributed by atoms with E-state index in [0.717, 1.165) is 24.7 Å². The highest BCUT2D eigenvalue weighted by molar-refractivity contribution is 5.46. The number of aromatic nitrogens is 1. The van der Waals surface area contributed by atoms with E-state index in [-0.39, 0.29) is 6.10 Å². The van der Waals surface area contributed by atoms with Gasteiger partial charge in [0.05, 0.1) is 5.69 Å². The van der Waals surface area contributed by atoms with Gasteiger partial charge in [-0.05, 0) is 43.2 Å². The first kappa shape index (κ1) is 11.2. The molecule has 1 aromatic rings. The molecule has 1 saturated carbocycles. The summed E-state index contributed by atoms with van der Waals surface area (Å²) in [7, 11) is 0. The van der Waals surface area contributed by atoms with Crippen LogP contribution in [-0.2, 0) is 0 Å². The highest BCUT2D eigenvalue weighted by atomic mass is 16.5. The second-order valence-corrected chi connectivity index (χ2v) is 4.91. The Labute approximate surface area is 97.0 Å². The first-order valence-electron chi connectivity index (χ1n) is 6.04. The Hall–Kier alpha value is -1.25. The summed E-state index contributed by atoms with van der Waals surface area (Å²) in [6.45, 7) is 4.61. The minimum Gasteiger partial charge on any atom is -0.473 e. The molecule has 0 spiro atoms. The lowest BCUT2D eigenvalue weighted by Gasteiger charge is -2.32. The molecule has 2 N–H and O–H groups in total. The molecule has 0 bridgehead atoms. The largest absolute Gasteiger partial charge is 0.473 e. The van der Waals surface area contributed by atoms with E-state index in [9.17, 15) is 0 Å². The maximum atomic E-state index is 5.87. The van der Waals surface area contributed by atoms with Crippen LogP contribution < -0.4 is 10.5 Å². The summed E-state index contributed by atoms with van der Waals surface area (Å²) in [5.74, 6) is 2.12. The van der Waals surface area contributed by atoms with Crippen LogP contribution in [0, 0.1) is 11.8 Å². The molecule has 1 heterocycles. The van der Waals surface area contributed by atoms with Gasteiger partial charge in [0, 0.05) is 6.20 Å². The normalized spacial score (nSPS) is 30.0. The fraction of sp³-hybridized carbons (Fsp3) is 0.615. The van der Waals surface area contributed by atoms with Gasteiger partial charge in [0.1, 0.15) is 6.10 Å². The average molecular weight is 220 g/mol. The molecule has 3 nitrogen and oxygen atoms in total. The Morgan fingerprint density at radius 1 is 1.31 bits per heavy atom. The summed E-state index contributed by atoms with van der Waals surface area (Å²) < 4.78 is 5.87. The minimum absolute atomic E-state index is 0.281. The third-order valence-corrected chi connectivity index (χ3v) is 3.63. The van der Waals surface area contributed by atoms with Gasteiger partial charge in [-0.3, -0.25) is 0 Å². The van der Waals surface area contributed by atoms with Gasteiger partial charge in [0.15, 0.2) is 0 Å². The number of nitrogen functional groups attached to an aromatic ring is 1. The standard InChI is InChI=1S/C13H20N2O/c1-9-5-6-11(8-10(9)2)16-13-12(14)4-3-7-15-13/h3-4,7,9-11H,5-6,8,14H2,1-2H3. The maximum Gasteiger partial charge on any atom is 0.237 e. The molecule has 1 aromatic heterocycles. The molecular weight excluding hydrogens is 200 g/mol. The zero-order valence-electron chi connectivity index (χ0n) is 10.0. The Morgan fingerprint density at radius 3 is 2.81 bits per heavy atom. The van der Waals surface area contributed by atoms with Crippen molar-refractivity contribution < 1.29 is 4.74 Å². The number of pyridine rings is 1. The number of rotatable bonds is 2. The van der Waals surface area contributed by atoms with Crippen LogP contribution >= 0.6 is 0 Å². The van der Waals surface area contributed by atoms with E-state index in [2.05, 4.69) is 18.8 Å². The summed E-state index contributed by atoms with van der Waals surface area (Å²) in [6, 6.07) is 3.66. The smallest absolute Gasteiger partial charge is 0.237 e. The second kappa shape index (κ2) is 4.73. The predicted octanol–water partition coefficient (Wildman–Crippen LogP) is 2.87. The summed E-state index contributed by atoms with van der Waals surface area (Å²) in [5.41, 5.74) is 6.45. The number of hydrogen-bond acceptors (Lipinski definition) is 3. The Bertz CT molecular complexity index is 354. The van der Waals surface area contributed by atoms with E-state index in [1.54, 1.807) is 6.20 Å². The third kappa shape index (κ3) is 2.46. The molecule has 3 atom stereocenters. The molecule has 3 unspecified atom stereocenters. The molecule has 0 amide bonds. The molecular formula is C13H20N2O. The fourth-order valence-corrected chi connectivity index (χ4v) is 2.26. The van der Waals surface area contributed by atoms with Crippen LogP contribution in [0.15, 0.2) is 18.3 Å². The second-order valence-electron chi connectivity index (χ2n) is 4.91. The summed E-state index contributed by atoms with van der Waals surface area (Å²) in [4.78, 5) is 4.17.